The first-order valence-corrected chi connectivity index (χ1v) is 8.61. The molecule has 4 rings (SSSR count). The standard InChI is InChI=1S/C17H23N5O2/c1-2-13(10-14(3-1)16-19-21-22-20-16)12-18-15-4-7-24-17(11-15)5-8-23-9-6-17/h1-3,10,15,18H,4-9,11-12H2,(H,19,20,21,22)/t15-/m1/s1. The molecule has 2 fully saturated rings. The van der Waals surface area contributed by atoms with Crippen LogP contribution in [0.4, 0.5) is 0 Å². The second-order valence-electron chi connectivity index (χ2n) is 6.65. The highest BCUT2D eigenvalue weighted by molar-refractivity contribution is 5.54. The molecular weight excluding hydrogens is 306 g/mol. The molecule has 0 amide bonds. The van der Waals surface area contributed by atoms with Gasteiger partial charge in [0.05, 0.1) is 5.60 Å². The summed E-state index contributed by atoms with van der Waals surface area (Å²) in [5.41, 5.74) is 2.24. The molecule has 1 spiro atoms. The van der Waals surface area contributed by atoms with Crippen molar-refractivity contribution in [2.75, 3.05) is 19.8 Å². The van der Waals surface area contributed by atoms with E-state index in [9.17, 15) is 0 Å². The molecule has 3 heterocycles. The van der Waals surface area contributed by atoms with E-state index in [0.29, 0.717) is 11.9 Å². The van der Waals surface area contributed by atoms with Gasteiger partial charge in [0.25, 0.3) is 0 Å². The third-order valence-corrected chi connectivity index (χ3v) is 5.02. The maximum absolute atomic E-state index is 6.11. The number of nitrogens with one attached hydrogen (secondary N) is 2. The number of rotatable bonds is 4. The molecule has 2 N–H and O–H groups in total. The summed E-state index contributed by atoms with van der Waals surface area (Å²) < 4.78 is 11.6. The minimum atomic E-state index is 0.0284. The number of aromatic amines is 1. The average Bonchev–Trinajstić information content (AvgIpc) is 3.16. The second-order valence-corrected chi connectivity index (χ2v) is 6.65. The third kappa shape index (κ3) is 3.48. The number of hydrogen-bond acceptors (Lipinski definition) is 6. The number of aromatic nitrogens is 4. The predicted molar refractivity (Wildman–Crippen MR) is 88.2 cm³/mol. The van der Waals surface area contributed by atoms with Gasteiger partial charge in [-0.25, -0.2) is 0 Å². The summed E-state index contributed by atoms with van der Waals surface area (Å²) in [6.45, 7) is 3.31. The minimum absolute atomic E-state index is 0.0284. The van der Waals surface area contributed by atoms with Gasteiger partial charge in [-0.1, -0.05) is 18.2 Å². The Bertz CT molecular complexity index is 649. The Labute approximate surface area is 141 Å². The van der Waals surface area contributed by atoms with Crippen molar-refractivity contribution in [1.82, 2.24) is 25.9 Å². The summed E-state index contributed by atoms with van der Waals surface area (Å²) >= 11 is 0. The van der Waals surface area contributed by atoms with Crippen LogP contribution in [0, 0.1) is 0 Å². The molecule has 1 aromatic carbocycles. The Morgan fingerprint density at radius 3 is 3.00 bits per heavy atom. The van der Waals surface area contributed by atoms with Crippen LogP contribution >= 0.6 is 0 Å². The molecule has 2 aromatic rings. The number of H-pyrrole nitrogens is 1. The summed E-state index contributed by atoms with van der Waals surface area (Å²) in [5, 5.41) is 17.9. The number of nitrogens with zero attached hydrogens (tertiary/aromatic N) is 3. The van der Waals surface area contributed by atoms with Crippen LogP contribution in [0.15, 0.2) is 24.3 Å². The van der Waals surface area contributed by atoms with E-state index in [1.165, 1.54) is 5.56 Å². The zero-order valence-electron chi connectivity index (χ0n) is 13.7. The number of ether oxygens (including phenoxy) is 2. The lowest BCUT2D eigenvalue weighted by atomic mass is 9.84. The highest BCUT2D eigenvalue weighted by Gasteiger charge is 2.38. The van der Waals surface area contributed by atoms with Gasteiger partial charge in [0.15, 0.2) is 0 Å². The molecule has 128 valence electrons. The van der Waals surface area contributed by atoms with E-state index < -0.39 is 0 Å². The van der Waals surface area contributed by atoms with Gasteiger partial charge in [-0.05, 0) is 42.5 Å². The third-order valence-electron chi connectivity index (χ3n) is 5.02. The molecule has 1 atom stereocenters. The average molecular weight is 329 g/mol. The van der Waals surface area contributed by atoms with Crippen molar-refractivity contribution in [2.24, 2.45) is 0 Å². The Kier molecular flexibility index (Phi) is 4.55. The van der Waals surface area contributed by atoms with Gasteiger partial charge < -0.3 is 14.8 Å². The molecule has 24 heavy (non-hydrogen) atoms. The van der Waals surface area contributed by atoms with Crippen LogP contribution in [0.5, 0.6) is 0 Å². The second kappa shape index (κ2) is 6.96. The van der Waals surface area contributed by atoms with Crippen molar-refractivity contribution in [3.63, 3.8) is 0 Å². The maximum atomic E-state index is 6.11. The van der Waals surface area contributed by atoms with E-state index in [2.05, 4.69) is 38.1 Å². The molecule has 0 radical (unpaired) electrons. The van der Waals surface area contributed by atoms with Gasteiger partial charge in [0.1, 0.15) is 0 Å². The normalized spacial score (nSPS) is 23.4. The lowest BCUT2D eigenvalue weighted by molar-refractivity contribution is -0.140. The van der Waals surface area contributed by atoms with Gasteiger partial charge in [0, 0.05) is 38.0 Å². The Morgan fingerprint density at radius 1 is 1.25 bits per heavy atom. The molecule has 1 aromatic heterocycles. The molecular formula is C17H23N5O2. The number of tetrazole rings is 1. The predicted octanol–water partition coefficient (Wildman–Crippen LogP) is 1.68. The van der Waals surface area contributed by atoms with Gasteiger partial charge in [-0.15, -0.1) is 10.2 Å². The van der Waals surface area contributed by atoms with E-state index >= 15 is 0 Å². The van der Waals surface area contributed by atoms with Crippen LogP contribution in [-0.2, 0) is 16.0 Å². The number of hydrogen-bond donors (Lipinski definition) is 2. The first-order valence-electron chi connectivity index (χ1n) is 8.61. The van der Waals surface area contributed by atoms with E-state index in [-0.39, 0.29) is 5.60 Å². The van der Waals surface area contributed by atoms with Crippen LogP contribution in [0.2, 0.25) is 0 Å². The van der Waals surface area contributed by atoms with Gasteiger partial charge in [-0.3, -0.25) is 0 Å². The van der Waals surface area contributed by atoms with Crippen LogP contribution in [0.1, 0.15) is 31.2 Å². The summed E-state index contributed by atoms with van der Waals surface area (Å²) in [6, 6.07) is 8.76. The SMILES string of the molecule is c1cc(CN[C@@H]2CCOC3(CCOCC3)C2)cc(-c2nn[nH]n2)c1. The topological polar surface area (TPSA) is 85.0 Å². The quantitative estimate of drug-likeness (QED) is 0.888. The smallest absolute Gasteiger partial charge is 0.204 e. The summed E-state index contributed by atoms with van der Waals surface area (Å²) in [6.07, 6.45) is 4.16. The molecule has 0 bridgehead atoms. The van der Waals surface area contributed by atoms with Crippen LogP contribution in [0.3, 0.4) is 0 Å². The van der Waals surface area contributed by atoms with Gasteiger partial charge >= 0.3 is 0 Å². The van der Waals surface area contributed by atoms with E-state index in [1.807, 2.05) is 12.1 Å². The lowest BCUT2D eigenvalue weighted by Gasteiger charge is -2.43. The Morgan fingerprint density at radius 2 is 2.17 bits per heavy atom. The summed E-state index contributed by atoms with van der Waals surface area (Å²) in [5.74, 6) is 0.629. The first kappa shape index (κ1) is 15.7. The Hall–Kier alpha value is -1.83. The van der Waals surface area contributed by atoms with Gasteiger partial charge in [-0.2, -0.15) is 5.21 Å². The summed E-state index contributed by atoms with van der Waals surface area (Å²) in [4.78, 5) is 0. The molecule has 0 saturated carbocycles. The van der Waals surface area contributed by atoms with Crippen molar-refractivity contribution in [3.05, 3.63) is 29.8 Å². The van der Waals surface area contributed by atoms with E-state index in [4.69, 9.17) is 9.47 Å². The maximum Gasteiger partial charge on any atom is 0.204 e. The van der Waals surface area contributed by atoms with E-state index in [0.717, 1.165) is 57.6 Å². The van der Waals surface area contributed by atoms with Crippen molar-refractivity contribution >= 4 is 0 Å². The zero-order valence-corrected chi connectivity index (χ0v) is 13.7. The Balaban J connectivity index is 1.37. The van der Waals surface area contributed by atoms with Crippen molar-refractivity contribution in [1.29, 1.82) is 0 Å². The highest BCUT2D eigenvalue weighted by atomic mass is 16.5. The molecule has 2 aliphatic rings. The molecule has 0 aliphatic carbocycles. The fourth-order valence-corrected chi connectivity index (χ4v) is 3.66. The van der Waals surface area contributed by atoms with Gasteiger partial charge in [0.2, 0.25) is 5.82 Å². The number of benzene rings is 1. The van der Waals surface area contributed by atoms with Crippen LogP contribution in [0.25, 0.3) is 11.4 Å². The fourth-order valence-electron chi connectivity index (χ4n) is 3.66. The highest BCUT2D eigenvalue weighted by Crippen LogP contribution is 2.34. The minimum Gasteiger partial charge on any atom is -0.381 e. The van der Waals surface area contributed by atoms with Crippen molar-refractivity contribution < 1.29 is 9.47 Å². The largest absolute Gasteiger partial charge is 0.381 e. The molecule has 7 nitrogen and oxygen atoms in total. The molecule has 2 aliphatic heterocycles. The van der Waals surface area contributed by atoms with Crippen molar-refractivity contribution in [3.8, 4) is 11.4 Å². The monoisotopic (exact) mass is 329 g/mol. The van der Waals surface area contributed by atoms with E-state index in [1.54, 1.807) is 0 Å². The zero-order chi connectivity index (χ0) is 16.2. The van der Waals surface area contributed by atoms with Crippen LogP contribution in [-0.4, -0.2) is 52.1 Å². The fraction of sp³-hybridized carbons (Fsp3) is 0.588. The lowest BCUT2D eigenvalue weighted by Crippen LogP contribution is -2.49. The van der Waals surface area contributed by atoms with Crippen molar-refractivity contribution in [2.45, 2.75) is 43.9 Å². The summed E-state index contributed by atoms with van der Waals surface area (Å²) in [7, 11) is 0. The molecule has 7 heteroatoms. The first-order chi connectivity index (χ1) is 11.8. The van der Waals surface area contributed by atoms with Crippen LogP contribution < -0.4 is 5.32 Å². The molecule has 0 unspecified atom stereocenters. The molecule has 2 saturated heterocycles.